The van der Waals surface area contributed by atoms with Gasteiger partial charge in [0.05, 0.1) is 47.2 Å². The zero-order valence-corrected chi connectivity index (χ0v) is 36.1. The van der Waals surface area contributed by atoms with E-state index in [0.29, 0.717) is 103 Å². The quantitative estimate of drug-likeness (QED) is 0.171. The Bertz CT molecular complexity index is 2170. The van der Waals surface area contributed by atoms with E-state index in [1.165, 1.54) is 11.3 Å². The Morgan fingerprint density at radius 1 is 1.09 bits per heavy atom. The molecule has 0 bridgehead atoms. The molecular weight excluding hydrogens is 802 g/mol. The van der Waals surface area contributed by atoms with Gasteiger partial charge in [0, 0.05) is 55.2 Å². The minimum Gasteiger partial charge on any atom is -0.491 e. The normalized spacial score (nSPS) is 27.5. The lowest BCUT2D eigenvalue weighted by molar-refractivity contribution is -0.147. The number of benzene rings is 1. The smallest absolute Gasteiger partial charge is 0.240 e. The number of amides is 2. The van der Waals surface area contributed by atoms with Crippen molar-refractivity contribution < 1.29 is 37.0 Å². The van der Waals surface area contributed by atoms with Gasteiger partial charge in [0.25, 0.3) is 0 Å². The number of rotatable bonds is 16. The minimum atomic E-state index is -3.79. The number of carbonyl (C=O) groups excluding carboxylic acids is 3. The number of ether oxygens (including phenoxy) is 3. The maximum absolute atomic E-state index is 14.5. The molecule has 5 fully saturated rings. The molecule has 3 aromatic rings. The Morgan fingerprint density at radius 2 is 1.86 bits per heavy atom. The topological polar surface area (TPSA) is 157 Å². The number of ketones is 1. The molecule has 0 unspecified atom stereocenters. The molecule has 58 heavy (non-hydrogen) atoms. The van der Waals surface area contributed by atoms with E-state index in [1.54, 1.807) is 4.90 Å². The zero-order valence-electron chi connectivity index (χ0n) is 33.7. The van der Waals surface area contributed by atoms with Crippen molar-refractivity contribution in [1.82, 2.24) is 24.5 Å². The highest BCUT2D eigenvalue weighted by Crippen LogP contribution is 2.58. The van der Waals surface area contributed by atoms with Crippen LogP contribution >= 0.6 is 22.9 Å². The highest BCUT2D eigenvalue weighted by molar-refractivity contribution is 7.90. The summed E-state index contributed by atoms with van der Waals surface area (Å²) in [6.45, 7) is 12.4. The van der Waals surface area contributed by atoms with Crippen molar-refractivity contribution in [2.24, 2.45) is 17.3 Å². The second-order valence-electron chi connectivity index (χ2n) is 17.0. The van der Waals surface area contributed by atoms with Crippen molar-refractivity contribution in [2.45, 2.75) is 115 Å². The molecule has 2 aliphatic carbocycles. The van der Waals surface area contributed by atoms with E-state index in [4.69, 9.17) is 35.8 Å². The molecular formula is C42H54ClN5O8S2. The molecule has 2 aromatic heterocycles. The number of carbonyl (C=O) groups is 3. The van der Waals surface area contributed by atoms with Gasteiger partial charge in [-0.15, -0.1) is 11.3 Å². The van der Waals surface area contributed by atoms with Gasteiger partial charge in [-0.3, -0.25) is 24.0 Å². The van der Waals surface area contributed by atoms with E-state index in [0.717, 1.165) is 25.3 Å². The van der Waals surface area contributed by atoms with Gasteiger partial charge in [0.1, 0.15) is 39.9 Å². The highest BCUT2D eigenvalue weighted by atomic mass is 35.5. The third-order valence-corrected chi connectivity index (χ3v) is 16.0. The number of nitrogens with one attached hydrogen (secondary N) is 1. The van der Waals surface area contributed by atoms with Gasteiger partial charge in [-0.25, -0.2) is 18.4 Å². The molecule has 3 saturated heterocycles. The largest absolute Gasteiger partial charge is 0.491 e. The van der Waals surface area contributed by atoms with E-state index >= 15 is 0 Å². The van der Waals surface area contributed by atoms with Crippen molar-refractivity contribution in [3.8, 4) is 22.2 Å². The Kier molecular flexibility index (Phi) is 11.8. The Labute approximate surface area is 349 Å². The molecule has 0 spiro atoms. The first kappa shape index (κ1) is 41.4. The lowest BCUT2D eigenvalue weighted by Crippen LogP contribution is -2.53. The molecule has 0 radical (unpaired) electrons. The van der Waals surface area contributed by atoms with Gasteiger partial charge in [0.15, 0.2) is 5.78 Å². The Hall–Kier alpha value is -3.37. The lowest BCUT2D eigenvalue weighted by atomic mass is 9.89. The lowest BCUT2D eigenvalue weighted by Gasteiger charge is -2.38. The first-order valence-corrected chi connectivity index (χ1v) is 23.7. The number of piperidine rings is 1. The fourth-order valence-corrected chi connectivity index (χ4v) is 11.7. The minimum absolute atomic E-state index is 0.0768. The molecule has 13 nitrogen and oxygen atoms in total. The van der Waals surface area contributed by atoms with Crippen LogP contribution in [-0.2, 0) is 29.1 Å². The highest BCUT2D eigenvalue weighted by Gasteiger charge is 2.62. The molecule has 2 amide bonds. The number of Topliss-reactive ketones (excluding diaryl/α,β-unsaturated/α-hetero) is 1. The third-order valence-electron chi connectivity index (χ3n) is 12.9. The van der Waals surface area contributed by atoms with Gasteiger partial charge >= 0.3 is 0 Å². The third kappa shape index (κ3) is 8.10. The van der Waals surface area contributed by atoms with Crippen molar-refractivity contribution in [3.63, 3.8) is 0 Å². The predicted molar refractivity (Wildman–Crippen MR) is 222 cm³/mol. The van der Waals surface area contributed by atoms with Gasteiger partial charge in [-0.05, 0) is 62.5 Å². The fraction of sp³-hybridized carbons (Fsp3) is 0.643. The van der Waals surface area contributed by atoms with Crippen molar-refractivity contribution in [1.29, 1.82) is 0 Å². The SMILES string of the molecule is CC[C@H]1CC[C@@H]2[C@H](Oc3cc(-c4nc(C(C)C)cs4)nc4c(Cl)c(OCCN5CCOCC5)ccc34)C[C@@H](C(=O)C[C@]3(C(=O)NS(=O)(=O)C4CC4)C[C@H]3CC)N2C1=O. The Morgan fingerprint density at radius 3 is 2.53 bits per heavy atom. The average molecular weight is 857 g/mol. The summed E-state index contributed by atoms with van der Waals surface area (Å²) in [6.07, 6.45) is 3.69. The number of halogens is 1. The number of aromatic nitrogens is 2. The average Bonchev–Trinajstić information content (AvgIpc) is 4.10. The van der Waals surface area contributed by atoms with Gasteiger partial charge in [0.2, 0.25) is 21.8 Å². The number of nitrogens with zero attached hydrogens (tertiary/aromatic N) is 4. The van der Waals surface area contributed by atoms with Crippen LogP contribution in [0, 0.1) is 17.3 Å². The summed E-state index contributed by atoms with van der Waals surface area (Å²) in [4.78, 5) is 56.2. The number of thiazole rings is 1. The first-order chi connectivity index (χ1) is 27.8. The number of hydrogen-bond donors (Lipinski definition) is 1. The molecule has 2 saturated carbocycles. The molecule has 5 heterocycles. The molecule has 16 heteroatoms. The molecule has 8 rings (SSSR count). The number of pyridine rings is 1. The summed E-state index contributed by atoms with van der Waals surface area (Å²) in [6, 6.07) is 4.41. The van der Waals surface area contributed by atoms with E-state index in [-0.39, 0.29) is 48.3 Å². The number of fused-ring (bicyclic) bond motifs is 2. The fourth-order valence-electron chi connectivity index (χ4n) is 9.12. The van der Waals surface area contributed by atoms with Crippen LogP contribution in [0.5, 0.6) is 11.5 Å². The van der Waals surface area contributed by atoms with E-state index < -0.39 is 38.7 Å². The molecule has 1 N–H and O–H groups in total. The standard InChI is InChI=1S/C42H54ClN5O8S2/c1-5-25-7-11-31-36(20-32(48(31)40(25)50)33(49)22-42(21-26(42)6-2)41(51)46-58(52,53)27-8-9-27)56-35-19-29(39-45-30(23-57-39)24(3)4)44-38-28(35)10-12-34(37(38)43)55-18-15-47-13-16-54-17-14-47/h10,12,19,23-27,31-32,36H,5-9,11,13-18,20-22H2,1-4H3,(H,46,51)/t25-,26+,31+,32-,36+,42+/m0/s1. The van der Waals surface area contributed by atoms with Crippen LogP contribution in [0.4, 0.5) is 0 Å². The van der Waals surface area contributed by atoms with Crippen LogP contribution in [0.15, 0.2) is 23.6 Å². The molecule has 1 aromatic carbocycles. The molecule has 5 aliphatic rings. The van der Waals surface area contributed by atoms with Crippen molar-refractivity contribution >= 4 is 61.5 Å². The molecule has 3 aliphatic heterocycles. The van der Waals surface area contributed by atoms with Crippen LogP contribution in [0.2, 0.25) is 5.02 Å². The summed E-state index contributed by atoms with van der Waals surface area (Å²) < 4.78 is 46.6. The van der Waals surface area contributed by atoms with E-state index in [9.17, 15) is 22.8 Å². The molecule has 6 atom stereocenters. The summed E-state index contributed by atoms with van der Waals surface area (Å²) in [7, 11) is -3.79. The van der Waals surface area contributed by atoms with Crippen LogP contribution in [-0.4, -0.2) is 109 Å². The monoisotopic (exact) mass is 855 g/mol. The van der Waals surface area contributed by atoms with Crippen LogP contribution in [0.1, 0.15) is 97.1 Å². The van der Waals surface area contributed by atoms with Crippen LogP contribution < -0.4 is 14.2 Å². The summed E-state index contributed by atoms with van der Waals surface area (Å²) in [5, 5.41) is 3.21. The second kappa shape index (κ2) is 16.6. The number of sulfonamides is 1. The summed E-state index contributed by atoms with van der Waals surface area (Å²) >= 11 is 8.60. The van der Waals surface area contributed by atoms with Crippen molar-refractivity contribution in [2.75, 3.05) is 39.5 Å². The summed E-state index contributed by atoms with van der Waals surface area (Å²) in [5.74, 6) is 0.00595. The van der Waals surface area contributed by atoms with Gasteiger partial charge in [-0.1, -0.05) is 45.7 Å². The number of hydrogen-bond acceptors (Lipinski definition) is 12. The van der Waals surface area contributed by atoms with Gasteiger partial charge < -0.3 is 19.1 Å². The van der Waals surface area contributed by atoms with E-state index in [1.807, 2.05) is 37.4 Å². The van der Waals surface area contributed by atoms with E-state index in [2.05, 4.69) is 23.5 Å². The zero-order chi connectivity index (χ0) is 40.9. The summed E-state index contributed by atoms with van der Waals surface area (Å²) in [5.41, 5.74) is 0.935. The Balaban J connectivity index is 1.10. The van der Waals surface area contributed by atoms with Crippen molar-refractivity contribution in [3.05, 3.63) is 34.3 Å². The van der Waals surface area contributed by atoms with Crippen LogP contribution in [0.3, 0.4) is 0 Å². The maximum Gasteiger partial charge on any atom is 0.240 e. The maximum atomic E-state index is 14.5. The molecule has 314 valence electrons. The second-order valence-corrected chi connectivity index (χ2v) is 20.2. The number of morpholine rings is 1. The first-order valence-electron chi connectivity index (χ1n) is 20.9. The predicted octanol–water partition coefficient (Wildman–Crippen LogP) is 6.37. The van der Waals surface area contributed by atoms with Crippen LogP contribution in [0.25, 0.3) is 21.6 Å². The van der Waals surface area contributed by atoms with Gasteiger partial charge in [-0.2, -0.15) is 0 Å².